The van der Waals surface area contributed by atoms with Crippen molar-refractivity contribution < 1.29 is 5.21 Å². The van der Waals surface area contributed by atoms with Gasteiger partial charge in [-0.05, 0) is 30.7 Å². The standard InChI is InChI=1S/C10H14BrN3O/c1-2-9(10(12)14-15)13-8-5-3-7(11)4-6-8/h3-6,9,13,15H,2H2,1H3,(H2,12,14). The van der Waals surface area contributed by atoms with Crippen LogP contribution in [0.3, 0.4) is 0 Å². The summed E-state index contributed by atoms with van der Waals surface area (Å²) in [6.07, 6.45) is 0.756. The number of nitrogens with zero attached hydrogens (tertiary/aromatic N) is 1. The van der Waals surface area contributed by atoms with E-state index >= 15 is 0 Å². The van der Waals surface area contributed by atoms with Crippen LogP contribution in [-0.2, 0) is 0 Å². The number of hydrogen-bond donors (Lipinski definition) is 3. The van der Waals surface area contributed by atoms with Gasteiger partial charge < -0.3 is 16.3 Å². The molecule has 0 saturated carbocycles. The van der Waals surface area contributed by atoms with Gasteiger partial charge in [-0.2, -0.15) is 0 Å². The fraction of sp³-hybridized carbons (Fsp3) is 0.300. The zero-order chi connectivity index (χ0) is 11.3. The first-order chi connectivity index (χ1) is 7.17. The number of halogens is 1. The number of hydrogen-bond acceptors (Lipinski definition) is 3. The van der Waals surface area contributed by atoms with Gasteiger partial charge in [0.25, 0.3) is 0 Å². The Hall–Kier alpha value is -1.23. The summed E-state index contributed by atoms with van der Waals surface area (Å²) in [5, 5.41) is 14.7. The van der Waals surface area contributed by atoms with Crippen LogP contribution in [0, 0.1) is 0 Å². The molecule has 15 heavy (non-hydrogen) atoms. The summed E-state index contributed by atoms with van der Waals surface area (Å²) in [5.41, 5.74) is 6.48. The molecule has 0 aliphatic carbocycles. The monoisotopic (exact) mass is 271 g/mol. The van der Waals surface area contributed by atoms with Gasteiger partial charge in [-0.15, -0.1) is 0 Å². The summed E-state index contributed by atoms with van der Waals surface area (Å²) < 4.78 is 1.02. The van der Waals surface area contributed by atoms with Crippen LogP contribution in [0.25, 0.3) is 0 Å². The van der Waals surface area contributed by atoms with Gasteiger partial charge in [-0.3, -0.25) is 0 Å². The van der Waals surface area contributed by atoms with E-state index in [1.807, 2.05) is 31.2 Å². The van der Waals surface area contributed by atoms with Crippen LogP contribution < -0.4 is 11.1 Å². The van der Waals surface area contributed by atoms with E-state index in [4.69, 9.17) is 10.9 Å². The highest BCUT2D eigenvalue weighted by molar-refractivity contribution is 9.10. The van der Waals surface area contributed by atoms with Crippen molar-refractivity contribution in [1.82, 2.24) is 0 Å². The minimum Gasteiger partial charge on any atom is -0.409 e. The summed E-state index contributed by atoms with van der Waals surface area (Å²) in [5.74, 6) is 0.195. The van der Waals surface area contributed by atoms with E-state index in [9.17, 15) is 0 Å². The lowest BCUT2D eigenvalue weighted by Gasteiger charge is -2.16. The molecular weight excluding hydrogens is 258 g/mol. The Bertz CT molecular complexity index is 337. The molecule has 1 rings (SSSR count). The van der Waals surface area contributed by atoms with Crippen LogP contribution in [0.5, 0.6) is 0 Å². The number of benzene rings is 1. The minimum atomic E-state index is -0.142. The molecule has 0 aliphatic rings. The van der Waals surface area contributed by atoms with Crippen LogP contribution in [0.15, 0.2) is 33.9 Å². The summed E-state index contributed by atoms with van der Waals surface area (Å²) in [7, 11) is 0. The van der Waals surface area contributed by atoms with Crippen LogP contribution in [0.4, 0.5) is 5.69 Å². The third kappa shape index (κ3) is 3.43. The Morgan fingerprint density at radius 1 is 1.53 bits per heavy atom. The second-order valence-corrected chi connectivity index (χ2v) is 4.05. The molecule has 82 valence electrons. The smallest absolute Gasteiger partial charge is 0.161 e. The van der Waals surface area contributed by atoms with E-state index in [0.717, 1.165) is 16.6 Å². The maximum absolute atomic E-state index is 8.57. The average molecular weight is 272 g/mol. The van der Waals surface area contributed by atoms with Crippen molar-refractivity contribution in [2.75, 3.05) is 5.32 Å². The Morgan fingerprint density at radius 2 is 2.13 bits per heavy atom. The number of oxime groups is 1. The van der Waals surface area contributed by atoms with E-state index in [1.165, 1.54) is 0 Å². The highest BCUT2D eigenvalue weighted by Gasteiger charge is 2.10. The number of nitrogens with two attached hydrogens (primary N) is 1. The first kappa shape index (κ1) is 11.8. The molecule has 0 saturated heterocycles. The number of amidine groups is 1. The third-order valence-electron chi connectivity index (χ3n) is 2.07. The molecule has 0 bridgehead atoms. The molecule has 0 radical (unpaired) electrons. The van der Waals surface area contributed by atoms with Gasteiger partial charge in [-0.1, -0.05) is 28.0 Å². The SMILES string of the molecule is CCC(Nc1ccc(Br)cc1)C(N)=NO. The van der Waals surface area contributed by atoms with Crippen molar-refractivity contribution in [2.24, 2.45) is 10.9 Å². The summed E-state index contributed by atoms with van der Waals surface area (Å²) in [6, 6.07) is 7.58. The molecule has 0 aliphatic heterocycles. The molecular formula is C10H14BrN3O. The van der Waals surface area contributed by atoms with Gasteiger partial charge >= 0.3 is 0 Å². The van der Waals surface area contributed by atoms with Crippen molar-refractivity contribution in [2.45, 2.75) is 19.4 Å². The Kier molecular flexibility index (Phi) is 4.42. The van der Waals surface area contributed by atoms with Crippen LogP contribution in [-0.4, -0.2) is 17.1 Å². The van der Waals surface area contributed by atoms with Crippen LogP contribution in [0.2, 0.25) is 0 Å². The van der Waals surface area contributed by atoms with E-state index in [1.54, 1.807) is 0 Å². The number of anilines is 1. The predicted octanol–water partition coefficient (Wildman–Crippen LogP) is 2.39. The molecule has 0 amide bonds. The first-order valence-electron chi connectivity index (χ1n) is 4.67. The van der Waals surface area contributed by atoms with E-state index in [-0.39, 0.29) is 11.9 Å². The Morgan fingerprint density at radius 3 is 2.60 bits per heavy atom. The van der Waals surface area contributed by atoms with Gasteiger partial charge in [-0.25, -0.2) is 0 Å². The van der Waals surface area contributed by atoms with Gasteiger partial charge in [0, 0.05) is 10.2 Å². The lowest BCUT2D eigenvalue weighted by atomic mass is 10.2. The fourth-order valence-electron chi connectivity index (χ4n) is 1.20. The minimum absolute atomic E-state index is 0.142. The number of rotatable bonds is 4. The average Bonchev–Trinajstić information content (AvgIpc) is 2.27. The molecule has 0 spiro atoms. The summed E-state index contributed by atoms with van der Waals surface area (Å²) >= 11 is 3.36. The molecule has 1 aromatic rings. The topological polar surface area (TPSA) is 70.6 Å². The number of nitrogens with one attached hydrogen (secondary N) is 1. The zero-order valence-corrected chi connectivity index (χ0v) is 10.0. The zero-order valence-electron chi connectivity index (χ0n) is 8.44. The molecule has 0 aromatic heterocycles. The normalized spacial score (nSPS) is 13.6. The maximum atomic E-state index is 8.57. The molecule has 1 aromatic carbocycles. The van der Waals surface area contributed by atoms with Crippen molar-refractivity contribution in [3.63, 3.8) is 0 Å². The lowest BCUT2D eigenvalue weighted by molar-refractivity contribution is 0.316. The maximum Gasteiger partial charge on any atom is 0.161 e. The van der Waals surface area contributed by atoms with E-state index < -0.39 is 0 Å². The van der Waals surface area contributed by atoms with Gasteiger partial charge in [0.2, 0.25) is 0 Å². The van der Waals surface area contributed by atoms with Gasteiger partial charge in [0.15, 0.2) is 5.84 Å². The molecule has 0 fully saturated rings. The highest BCUT2D eigenvalue weighted by Crippen LogP contribution is 2.15. The first-order valence-corrected chi connectivity index (χ1v) is 5.46. The van der Waals surface area contributed by atoms with E-state index in [2.05, 4.69) is 26.4 Å². The second kappa shape index (κ2) is 5.60. The van der Waals surface area contributed by atoms with Crippen molar-refractivity contribution in [1.29, 1.82) is 0 Å². The fourth-order valence-corrected chi connectivity index (χ4v) is 1.47. The van der Waals surface area contributed by atoms with Crippen molar-refractivity contribution in [3.8, 4) is 0 Å². The van der Waals surface area contributed by atoms with Crippen molar-refractivity contribution >= 4 is 27.5 Å². The van der Waals surface area contributed by atoms with E-state index in [0.29, 0.717) is 0 Å². The predicted molar refractivity (Wildman–Crippen MR) is 65.3 cm³/mol. The Labute approximate surface area is 97.3 Å². The summed E-state index contributed by atoms with van der Waals surface area (Å²) in [6.45, 7) is 1.97. The molecule has 5 heteroatoms. The molecule has 0 heterocycles. The van der Waals surface area contributed by atoms with Crippen LogP contribution in [0.1, 0.15) is 13.3 Å². The second-order valence-electron chi connectivity index (χ2n) is 3.14. The highest BCUT2D eigenvalue weighted by atomic mass is 79.9. The third-order valence-corrected chi connectivity index (χ3v) is 2.59. The van der Waals surface area contributed by atoms with Crippen molar-refractivity contribution in [3.05, 3.63) is 28.7 Å². The lowest BCUT2D eigenvalue weighted by Crippen LogP contribution is -2.35. The van der Waals surface area contributed by atoms with Crippen LogP contribution >= 0.6 is 15.9 Å². The van der Waals surface area contributed by atoms with Gasteiger partial charge in [0.05, 0.1) is 6.04 Å². The summed E-state index contributed by atoms with van der Waals surface area (Å²) in [4.78, 5) is 0. The quantitative estimate of drug-likeness (QED) is 0.341. The molecule has 4 nitrogen and oxygen atoms in total. The van der Waals surface area contributed by atoms with Gasteiger partial charge in [0.1, 0.15) is 0 Å². The molecule has 1 atom stereocenters. The molecule has 1 unspecified atom stereocenters. The Balaban J connectivity index is 2.71. The molecule has 4 N–H and O–H groups in total. The largest absolute Gasteiger partial charge is 0.409 e.